The summed E-state index contributed by atoms with van der Waals surface area (Å²) in [4.78, 5) is 8.95. The highest BCUT2D eigenvalue weighted by molar-refractivity contribution is 7.92. The molecule has 3 aromatic rings. The van der Waals surface area contributed by atoms with Gasteiger partial charge in [0.2, 0.25) is 0 Å². The van der Waals surface area contributed by atoms with Gasteiger partial charge in [0.1, 0.15) is 10.6 Å². The van der Waals surface area contributed by atoms with Gasteiger partial charge in [-0.3, -0.25) is 4.72 Å². The smallest absolute Gasteiger partial charge is 0.490 e. The minimum absolute atomic E-state index is 0.0560. The van der Waals surface area contributed by atoms with E-state index in [0.717, 1.165) is 11.1 Å². The largest absolute Gasteiger partial charge is 0.495 e. The lowest BCUT2D eigenvalue weighted by Gasteiger charge is -2.11. The summed E-state index contributed by atoms with van der Waals surface area (Å²) in [5.74, 6) is -2.37. The Morgan fingerprint density at radius 2 is 1.84 bits per heavy atom. The number of anilines is 1. The third-order valence-corrected chi connectivity index (χ3v) is 5.53. The summed E-state index contributed by atoms with van der Waals surface area (Å²) in [6, 6.07) is 10.3. The van der Waals surface area contributed by atoms with Gasteiger partial charge in [-0.15, -0.1) is 0 Å². The van der Waals surface area contributed by atoms with E-state index in [1.807, 2.05) is 13.0 Å². The number of ether oxygens (including phenoxy) is 1. The van der Waals surface area contributed by atoms with E-state index in [-0.39, 0.29) is 16.5 Å². The zero-order valence-electron chi connectivity index (χ0n) is 16.9. The van der Waals surface area contributed by atoms with Gasteiger partial charge in [-0.1, -0.05) is 24.2 Å². The summed E-state index contributed by atoms with van der Waals surface area (Å²) in [5, 5.41) is 11.5. The van der Waals surface area contributed by atoms with Crippen LogP contribution in [0.3, 0.4) is 0 Å². The number of carbonyl (C=O) groups is 1. The average Bonchev–Trinajstić information content (AvgIpc) is 3.14. The molecule has 4 N–H and O–H groups in total. The van der Waals surface area contributed by atoms with Crippen LogP contribution in [0, 0.1) is 0 Å². The summed E-state index contributed by atoms with van der Waals surface area (Å²) >= 11 is 0. The van der Waals surface area contributed by atoms with Crippen LogP contribution in [0.15, 0.2) is 45.8 Å². The van der Waals surface area contributed by atoms with Gasteiger partial charge in [-0.2, -0.15) is 13.2 Å². The van der Waals surface area contributed by atoms with Crippen LogP contribution in [-0.4, -0.2) is 37.9 Å². The van der Waals surface area contributed by atoms with Gasteiger partial charge in [-0.25, -0.2) is 13.2 Å². The van der Waals surface area contributed by atoms with Crippen molar-refractivity contribution in [2.45, 2.75) is 31.0 Å². The lowest BCUT2D eigenvalue weighted by atomic mass is 10.1. The van der Waals surface area contributed by atoms with Gasteiger partial charge in [0.05, 0.1) is 12.5 Å². The standard InChI is InChI=1S/C17H19N3O4S.C2HF3O2/c1-3-11-4-7-15(23-2)16(9-11)25(21,22)20-17-13-8-12(10-18)5-6-14(13)24-19-17;3-2(4,5)1(6)7/h4-9H,3,10,18H2,1-2H3,(H,19,20);(H,6,7). The molecule has 174 valence electrons. The highest BCUT2D eigenvalue weighted by Crippen LogP contribution is 2.30. The fourth-order valence-corrected chi connectivity index (χ4v) is 3.75. The Hall–Kier alpha value is -3.32. The first-order valence-electron chi connectivity index (χ1n) is 9.01. The van der Waals surface area contributed by atoms with Gasteiger partial charge in [-0.05, 0) is 41.8 Å². The van der Waals surface area contributed by atoms with Crippen molar-refractivity contribution in [1.29, 1.82) is 0 Å². The first kappa shape index (κ1) is 24.9. The van der Waals surface area contributed by atoms with Gasteiger partial charge >= 0.3 is 12.1 Å². The number of halogens is 3. The molecular formula is C19H20F3N3O6S. The van der Waals surface area contributed by atoms with Crippen molar-refractivity contribution < 1.29 is 40.8 Å². The number of aromatic nitrogens is 1. The maximum Gasteiger partial charge on any atom is 0.490 e. The Morgan fingerprint density at radius 3 is 2.38 bits per heavy atom. The molecule has 3 rings (SSSR count). The van der Waals surface area contributed by atoms with Crippen molar-refractivity contribution in [2.75, 3.05) is 11.8 Å². The van der Waals surface area contributed by atoms with Crippen molar-refractivity contribution in [3.05, 3.63) is 47.5 Å². The molecular weight excluding hydrogens is 455 g/mol. The molecule has 0 aliphatic carbocycles. The maximum atomic E-state index is 12.8. The highest BCUT2D eigenvalue weighted by atomic mass is 32.2. The second-order valence-electron chi connectivity index (χ2n) is 6.31. The molecule has 0 aliphatic rings. The fourth-order valence-electron chi connectivity index (χ4n) is 2.52. The molecule has 0 radical (unpaired) electrons. The molecule has 0 fully saturated rings. The minimum atomic E-state index is -5.08. The van der Waals surface area contributed by atoms with Crippen LogP contribution in [0.25, 0.3) is 11.0 Å². The fraction of sp³-hybridized carbons (Fsp3) is 0.263. The van der Waals surface area contributed by atoms with E-state index in [9.17, 15) is 21.6 Å². The number of hydrogen-bond acceptors (Lipinski definition) is 7. The number of nitrogens with two attached hydrogens (primary N) is 1. The van der Waals surface area contributed by atoms with E-state index in [1.54, 1.807) is 30.3 Å². The third-order valence-electron chi connectivity index (χ3n) is 4.17. The number of carboxylic acids is 1. The number of aliphatic carboxylic acids is 1. The van der Waals surface area contributed by atoms with Gasteiger partial charge in [0.25, 0.3) is 10.0 Å². The maximum absolute atomic E-state index is 12.8. The van der Waals surface area contributed by atoms with Crippen LogP contribution >= 0.6 is 0 Å². The third kappa shape index (κ3) is 5.88. The Balaban J connectivity index is 0.000000451. The molecule has 0 saturated carbocycles. The molecule has 0 spiro atoms. The number of methoxy groups -OCH3 is 1. The normalized spacial score (nSPS) is 11.6. The van der Waals surface area contributed by atoms with Crippen LogP contribution < -0.4 is 15.2 Å². The van der Waals surface area contributed by atoms with Crippen molar-refractivity contribution in [1.82, 2.24) is 5.16 Å². The molecule has 0 atom stereocenters. The number of sulfonamides is 1. The number of nitrogens with one attached hydrogen (secondary N) is 1. The van der Waals surface area contributed by atoms with E-state index in [1.165, 1.54) is 7.11 Å². The van der Waals surface area contributed by atoms with Crippen molar-refractivity contribution in [3.63, 3.8) is 0 Å². The Kier molecular flexibility index (Phi) is 7.69. The van der Waals surface area contributed by atoms with E-state index >= 15 is 0 Å². The van der Waals surface area contributed by atoms with E-state index < -0.39 is 22.2 Å². The number of rotatable bonds is 6. The first-order chi connectivity index (χ1) is 14.9. The molecule has 0 bridgehead atoms. The van der Waals surface area contributed by atoms with Crippen molar-refractivity contribution >= 4 is 32.8 Å². The molecule has 0 saturated heterocycles. The lowest BCUT2D eigenvalue weighted by molar-refractivity contribution is -0.192. The predicted octanol–water partition coefficient (Wildman–Crippen LogP) is 3.29. The summed E-state index contributed by atoms with van der Waals surface area (Å²) in [7, 11) is -2.47. The van der Waals surface area contributed by atoms with Crippen LogP contribution in [0.2, 0.25) is 0 Å². The number of aryl methyl sites for hydroxylation is 1. The number of benzene rings is 2. The highest BCUT2D eigenvalue weighted by Gasteiger charge is 2.38. The Bertz CT molecular complexity index is 1210. The number of fused-ring (bicyclic) bond motifs is 1. The van der Waals surface area contributed by atoms with Gasteiger partial charge in [0.15, 0.2) is 11.4 Å². The van der Waals surface area contributed by atoms with Crippen LogP contribution in [-0.2, 0) is 27.8 Å². The molecule has 2 aromatic carbocycles. The van der Waals surface area contributed by atoms with E-state index in [2.05, 4.69) is 9.88 Å². The monoisotopic (exact) mass is 475 g/mol. The van der Waals surface area contributed by atoms with Crippen LogP contribution in [0.1, 0.15) is 18.1 Å². The zero-order chi connectivity index (χ0) is 24.1. The van der Waals surface area contributed by atoms with Crippen LogP contribution in [0.4, 0.5) is 19.0 Å². The van der Waals surface area contributed by atoms with Crippen LogP contribution in [0.5, 0.6) is 5.75 Å². The number of nitrogens with zero attached hydrogens (tertiary/aromatic N) is 1. The molecule has 9 nitrogen and oxygen atoms in total. The van der Waals surface area contributed by atoms with Gasteiger partial charge < -0.3 is 20.1 Å². The minimum Gasteiger partial charge on any atom is -0.495 e. The van der Waals surface area contributed by atoms with Crippen molar-refractivity contribution in [3.8, 4) is 5.75 Å². The molecule has 0 amide bonds. The Morgan fingerprint density at radius 1 is 1.22 bits per heavy atom. The summed E-state index contributed by atoms with van der Waals surface area (Å²) in [6.45, 7) is 2.28. The quantitative estimate of drug-likeness (QED) is 0.493. The zero-order valence-corrected chi connectivity index (χ0v) is 17.7. The second-order valence-corrected chi connectivity index (χ2v) is 7.96. The Labute approximate surface area is 181 Å². The number of hydrogen-bond donors (Lipinski definition) is 3. The average molecular weight is 475 g/mol. The summed E-state index contributed by atoms with van der Waals surface area (Å²) < 4.78 is 70.3. The summed E-state index contributed by atoms with van der Waals surface area (Å²) in [6.07, 6.45) is -4.38. The SMILES string of the molecule is CCc1ccc(OC)c(S(=O)(=O)Nc2noc3ccc(CN)cc23)c1.O=C(O)C(F)(F)F. The van der Waals surface area contributed by atoms with E-state index in [0.29, 0.717) is 23.9 Å². The number of carboxylic acid groups (broad SMARTS) is 1. The van der Waals surface area contributed by atoms with Crippen molar-refractivity contribution in [2.24, 2.45) is 5.73 Å². The van der Waals surface area contributed by atoms with E-state index in [4.69, 9.17) is 24.9 Å². The molecule has 13 heteroatoms. The lowest BCUT2D eigenvalue weighted by Crippen LogP contribution is -2.21. The summed E-state index contributed by atoms with van der Waals surface area (Å²) in [5.41, 5.74) is 7.85. The topological polar surface area (TPSA) is 145 Å². The molecule has 0 aliphatic heterocycles. The van der Waals surface area contributed by atoms with Gasteiger partial charge in [0, 0.05) is 6.54 Å². The predicted molar refractivity (Wildman–Crippen MR) is 109 cm³/mol. The molecule has 1 aromatic heterocycles. The molecule has 1 heterocycles. The number of alkyl halides is 3. The molecule has 32 heavy (non-hydrogen) atoms. The second kappa shape index (κ2) is 9.87. The molecule has 0 unspecified atom stereocenters. The first-order valence-corrected chi connectivity index (χ1v) is 10.5.